The number of nitrogens with one attached hydrogen (secondary N) is 1. The molecular weight excluding hydrogens is 194 g/mol. The number of hydrogen-bond donors (Lipinski definition) is 2. The van der Waals surface area contributed by atoms with E-state index in [1.807, 2.05) is 37.4 Å². The molecule has 0 bridgehead atoms. The number of nitrogens with two attached hydrogens (primary N) is 1. The summed E-state index contributed by atoms with van der Waals surface area (Å²) in [5, 5.41) is 4.11. The van der Waals surface area contributed by atoms with E-state index in [0.29, 0.717) is 0 Å². The van der Waals surface area contributed by atoms with E-state index >= 15 is 0 Å². The zero-order valence-corrected chi connectivity index (χ0v) is 8.64. The number of nitrogens with zero attached hydrogens (tertiary/aromatic N) is 1. The molecule has 0 spiro atoms. The fourth-order valence-electron chi connectivity index (χ4n) is 1.10. The summed E-state index contributed by atoms with van der Waals surface area (Å²) in [6.45, 7) is 2.03. The lowest BCUT2D eigenvalue weighted by atomic mass is 10.3. The van der Waals surface area contributed by atoms with Crippen molar-refractivity contribution in [3.8, 4) is 0 Å². The molecule has 0 amide bonds. The van der Waals surface area contributed by atoms with E-state index in [-0.39, 0.29) is 0 Å². The molecule has 2 aromatic rings. The molecule has 1 aromatic carbocycles. The summed E-state index contributed by atoms with van der Waals surface area (Å²) in [4.78, 5) is 5.41. The van der Waals surface area contributed by atoms with Crippen LogP contribution < -0.4 is 11.1 Å². The number of aromatic nitrogens is 1. The number of aryl methyl sites for hydroxylation is 1. The predicted octanol–water partition coefficient (Wildman–Crippen LogP) is 2.78. The van der Waals surface area contributed by atoms with Crippen molar-refractivity contribution in [3.05, 3.63) is 35.3 Å². The van der Waals surface area contributed by atoms with Gasteiger partial charge in [-0.1, -0.05) is 0 Å². The van der Waals surface area contributed by atoms with Gasteiger partial charge in [0.2, 0.25) is 0 Å². The first-order chi connectivity index (χ1) is 6.74. The van der Waals surface area contributed by atoms with Crippen molar-refractivity contribution < 1.29 is 0 Å². The van der Waals surface area contributed by atoms with Crippen LogP contribution in [0.4, 0.5) is 16.5 Å². The van der Waals surface area contributed by atoms with E-state index < -0.39 is 0 Å². The minimum Gasteiger partial charge on any atom is -0.399 e. The summed E-state index contributed by atoms with van der Waals surface area (Å²) in [7, 11) is 0. The molecule has 4 heteroatoms. The van der Waals surface area contributed by atoms with Crippen molar-refractivity contribution in [2.24, 2.45) is 0 Å². The fraction of sp³-hybridized carbons (Fsp3) is 0.100. The van der Waals surface area contributed by atoms with Crippen LogP contribution in [0.15, 0.2) is 30.5 Å². The first-order valence-electron chi connectivity index (χ1n) is 4.29. The molecule has 1 heterocycles. The zero-order chi connectivity index (χ0) is 9.97. The highest BCUT2D eigenvalue weighted by Crippen LogP contribution is 2.22. The number of rotatable bonds is 2. The SMILES string of the molecule is Cc1cnc(Nc2ccc(N)cc2)s1. The number of hydrogen-bond acceptors (Lipinski definition) is 4. The third-order valence-electron chi connectivity index (χ3n) is 1.78. The molecular formula is C10H11N3S. The molecule has 0 aliphatic carbocycles. The topological polar surface area (TPSA) is 50.9 Å². The Balaban J connectivity index is 2.15. The van der Waals surface area contributed by atoms with Crippen molar-refractivity contribution in [3.63, 3.8) is 0 Å². The van der Waals surface area contributed by atoms with Crippen LogP contribution in [0.3, 0.4) is 0 Å². The summed E-state index contributed by atoms with van der Waals surface area (Å²) < 4.78 is 0. The van der Waals surface area contributed by atoms with Gasteiger partial charge in [-0.15, -0.1) is 11.3 Å². The van der Waals surface area contributed by atoms with E-state index in [9.17, 15) is 0 Å². The Morgan fingerprint density at radius 1 is 1.29 bits per heavy atom. The number of nitrogen functional groups attached to an aromatic ring is 1. The van der Waals surface area contributed by atoms with Crippen LogP contribution in [0.25, 0.3) is 0 Å². The second-order valence-electron chi connectivity index (χ2n) is 3.02. The van der Waals surface area contributed by atoms with E-state index in [0.717, 1.165) is 16.5 Å². The monoisotopic (exact) mass is 205 g/mol. The lowest BCUT2D eigenvalue weighted by Gasteiger charge is -2.01. The Bertz CT molecular complexity index is 419. The number of anilines is 3. The van der Waals surface area contributed by atoms with Crippen LogP contribution >= 0.6 is 11.3 Å². The lowest BCUT2D eigenvalue weighted by molar-refractivity contribution is 1.37. The van der Waals surface area contributed by atoms with Gasteiger partial charge < -0.3 is 11.1 Å². The molecule has 0 fully saturated rings. The van der Waals surface area contributed by atoms with Gasteiger partial charge in [0.25, 0.3) is 0 Å². The van der Waals surface area contributed by atoms with Gasteiger partial charge in [-0.05, 0) is 31.2 Å². The van der Waals surface area contributed by atoms with E-state index in [1.165, 1.54) is 4.88 Å². The average Bonchev–Trinajstić information content (AvgIpc) is 2.56. The average molecular weight is 205 g/mol. The number of thiazole rings is 1. The molecule has 3 nitrogen and oxygen atoms in total. The Labute approximate surface area is 86.6 Å². The molecule has 0 radical (unpaired) electrons. The highest BCUT2D eigenvalue weighted by molar-refractivity contribution is 7.15. The smallest absolute Gasteiger partial charge is 0.187 e. The molecule has 0 aliphatic rings. The summed E-state index contributed by atoms with van der Waals surface area (Å²) in [5.74, 6) is 0. The van der Waals surface area contributed by atoms with Gasteiger partial charge in [0, 0.05) is 22.4 Å². The second kappa shape index (κ2) is 3.67. The van der Waals surface area contributed by atoms with Gasteiger partial charge in [0.05, 0.1) is 0 Å². The van der Waals surface area contributed by atoms with Crippen LogP contribution in [0.1, 0.15) is 4.88 Å². The highest BCUT2D eigenvalue weighted by atomic mass is 32.1. The maximum atomic E-state index is 5.58. The van der Waals surface area contributed by atoms with Crippen LogP contribution in [-0.2, 0) is 0 Å². The minimum atomic E-state index is 0.769. The van der Waals surface area contributed by atoms with Gasteiger partial charge in [-0.3, -0.25) is 0 Å². The summed E-state index contributed by atoms with van der Waals surface area (Å²) >= 11 is 1.63. The molecule has 0 unspecified atom stereocenters. The highest BCUT2D eigenvalue weighted by Gasteiger charge is 1.98. The largest absolute Gasteiger partial charge is 0.399 e. The Morgan fingerprint density at radius 2 is 2.00 bits per heavy atom. The maximum absolute atomic E-state index is 5.58. The van der Waals surface area contributed by atoms with Crippen molar-refractivity contribution in [2.75, 3.05) is 11.1 Å². The quantitative estimate of drug-likeness (QED) is 0.741. The number of benzene rings is 1. The van der Waals surface area contributed by atoms with Crippen LogP contribution in [-0.4, -0.2) is 4.98 Å². The third-order valence-corrected chi connectivity index (χ3v) is 2.61. The van der Waals surface area contributed by atoms with Gasteiger partial charge in [-0.2, -0.15) is 0 Å². The first kappa shape index (κ1) is 9.02. The normalized spacial score (nSPS) is 10.1. The Hall–Kier alpha value is -1.55. The molecule has 0 saturated heterocycles. The molecule has 0 aliphatic heterocycles. The van der Waals surface area contributed by atoms with E-state index in [1.54, 1.807) is 11.3 Å². The fourth-order valence-corrected chi connectivity index (χ4v) is 1.79. The Kier molecular flexibility index (Phi) is 2.37. The molecule has 0 saturated carbocycles. The van der Waals surface area contributed by atoms with Crippen molar-refractivity contribution in [2.45, 2.75) is 6.92 Å². The van der Waals surface area contributed by atoms with Gasteiger partial charge in [0.1, 0.15) is 0 Å². The van der Waals surface area contributed by atoms with Crippen molar-refractivity contribution >= 4 is 27.8 Å². The predicted molar refractivity (Wildman–Crippen MR) is 61.0 cm³/mol. The molecule has 14 heavy (non-hydrogen) atoms. The molecule has 3 N–H and O–H groups in total. The first-order valence-corrected chi connectivity index (χ1v) is 5.11. The van der Waals surface area contributed by atoms with Gasteiger partial charge >= 0.3 is 0 Å². The van der Waals surface area contributed by atoms with Crippen LogP contribution in [0.5, 0.6) is 0 Å². The van der Waals surface area contributed by atoms with E-state index in [2.05, 4.69) is 10.3 Å². The molecule has 2 rings (SSSR count). The summed E-state index contributed by atoms with van der Waals surface area (Å²) in [6, 6.07) is 7.60. The minimum absolute atomic E-state index is 0.769. The Morgan fingerprint density at radius 3 is 2.57 bits per heavy atom. The van der Waals surface area contributed by atoms with Gasteiger partial charge in [0.15, 0.2) is 5.13 Å². The summed E-state index contributed by atoms with van der Waals surface area (Å²) in [5.41, 5.74) is 7.36. The van der Waals surface area contributed by atoms with Crippen molar-refractivity contribution in [1.29, 1.82) is 0 Å². The maximum Gasteiger partial charge on any atom is 0.187 e. The van der Waals surface area contributed by atoms with Gasteiger partial charge in [-0.25, -0.2) is 4.98 Å². The third kappa shape index (κ3) is 2.03. The standard InChI is InChI=1S/C10H11N3S/c1-7-6-12-10(14-7)13-9-4-2-8(11)3-5-9/h2-6H,11H2,1H3,(H,12,13). The zero-order valence-electron chi connectivity index (χ0n) is 7.82. The molecule has 1 aromatic heterocycles. The molecule has 72 valence electrons. The van der Waals surface area contributed by atoms with Crippen LogP contribution in [0.2, 0.25) is 0 Å². The lowest BCUT2D eigenvalue weighted by Crippen LogP contribution is -1.89. The second-order valence-corrected chi connectivity index (χ2v) is 4.26. The molecule has 0 atom stereocenters. The van der Waals surface area contributed by atoms with E-state index in [4.69, 9.17) is 5.73 Å². The van der Waals surface area contributed by atoms with Crippen molar-refractivity contribution in [1.82, 2.24) is 4.98 Å². The summed E-state index contributed by atoms with van der Waals surface area (Å²) in [6.07, 6.45) is 1.85. The van der Waals surface area contributed by atoms with Crippen LogP contribution in [0, 0.1) is 6.92 Å².